The van der Waals surface area contributed by atoms with E-state index in [-0.39, 0.29) is 12.4 Å². The highest BCUT2D eigenvalue weighted by molar-refractivity contribution is 5.47. The van der Waals surface area contributed by atoms with Gasteiger partial charge < -0.3 is 9.84 Å². The Morgan fingerprint density at radius 1 is 1.17 bits per heavy atom. The molecule has 1 aliphatic heterocycles. The molecule has 0 spiro atoms. The molecule has 1 atom stereocenters. The van der Waals surface area contributed by atoms with Gasteiger partial charge in [0, 0.05) is 6.61 Å². The Hall–Kier alpha value is -2.22. The molecular weight excluding hydrogens is 293 g/mol. The molecule has 0 saturated heterocycles. The van der Waals surface area contributed by atoms with Gasteiger partial charge in [0.15, 0.2) is 0 Å². The summed E-state index contributed by atoms with van der Waals surface area (Å²) in [5.41, 5.74) is 2.91. The van der Waals surface area contributed by atoms with E-state index in [4.69, 9.17) is 15.1 Å². The molecule has 4 heteroatoms. The molecule has 0 fully saturated rings. The lowest BCUT2D eigenvalue weighted by Crippen LogP contribution is -2.27. The first-order valence-corrected chi connectivity index (χ1v) is 7.74. The van der Waals surface area contributed by atoms with Gasteiger partial charge in [-0.3, -0.25) is 0 Å². The quantitative estimate of drug-likeness (QED) is 0.858. The Kier molecular flexibility index (Phi) is 4.42. The largest absolute Gasteiger partial charge is 0.396 e. The van der Waals surface area contributed by atoms with Gasteiger partial charge in [0.05, 0.1) is 18.2 Å². The molecule has 0 bridgehead atoms. The number of fused-ring (bicyclic) bond motifs is 1. The summed E-state index contributed by atoms with van der Waals surface area (Å²) in [5.74, 6) is -0.280. The lowest BCUT2D eigenvalue weighted by atomic mass is 9.81. The lowest BCUT2D eigenvalue weighted by molar-refractivity contribution is -0.0139. The number of nitrogens with zero attached hydrogens (tertiary/aromatic N) is 1. The topological polar surface area (TPSA) is 53.2 Å². The van der Waals surface area contributed by atoms with E-state index in [1.165, 1.54) is 12.1 Å². The van der Waals surface area contributed by atoms with E-state index in [0.717, 1.165) is 23.1 Å². The molecule has 118 valence electrons. The van der Waals surface area contributed by atoms with Gasteiger partial charge >= 0.3 is 0 Å². The molecule has 1 unspecified atom stereocenters. The number of hydrogen-bond donors (Lipinski definition) is 1. The monoisotopic (exact) mass is 311 g/mol. The Labute approximate surface area is 135 Å². The first-order valence-electron chi connectivity index (χ1n) is 7.74. The molecule has 0 saturated carbocycles. The Bertz CT molecular complexity index is 736. The summed E-state index contributed by atoms with van der Waals surface area (Å²) in [6, 6.07) is 14.1. The van der Waals surface area contributed by atoms with E-state index in [2.05, 4.69) is 6.07 Å². The number of nitriles is 1. The van der Waals surface area contributed by atoms with E-state index in [9.17, 15) is 4.39 Å². The number of benzene rings is 2. The Balaban J connectivity index is 2.05. The van der Waals surface area contributed by atoms with Crippen molar-refractivity contribution in [2.75, 3.05) is 6.61 Å². The van der Waals surface area contributed by atoms with Gasteiger partial charge in [-0.2, -0.15) is 5.26 Å². The minimum Gasteiger partial charge on any atom is -0.396 e. The van der Waals surface area contributed by atoms with Crippen LogP contribution in [-0.4, -0.2) is 11.7 Å². The number of ether oxygens (including phenoxy) is 1. The first kappa shape index (κ1) is 15.7. The van der Waals surface area contributed by atoms with Crippen molar-refractivity contribution in [1.29, 1.82) is 5.26 Å². The third-order valence-electron chi connectivity index (χ3n) is 4.39. The number of hydrogen-bond acceptors (Lipinski definition) is 3. The van der Waals surface area contributed by atoms with Crippen molar-refractivity contribution in [2.45, 2.75) is 31.5 Å². The highest BCUT2D eigenvalue weighted by atomic mass is 19.1. The van der Waals surface area contributed by atoms with Crippen molar-refractivity contribution in [2.24, 2.45) is 0 Å². The van der Waals surface area contributed by atoms with Crippen molar-refractivity contribution in [3.05, 3.63) is 70.5 Å². The van der Waals surface area contributed by atoms with E-state index in [0.29, 0.717) is 25.0 Å². The molecule has 1 aliphatic rings. The molecule has 3 nitrogen and oxygen atoms in total. The van der Waals surface area contributed by atoms with Crippen molar-refractivity contribution in [3.63, 3.8) is 0 Å². The van der Waals surface area contributed by atoms with Crippen LogP contribution in [-0.2, 0) is 16.9 Å². The summed E-state index contributed by atoms with van der Waals surface area (Å²) in [4.78, 5) is 0. The molecule has 0 aliphatic carbocycles. The lowest BCUT2D eigenvalue weighted by Gasteiger charge is -2.30. The molecule has 23 heavy (non-hydrogen) atoms. The van der Waals surface area contributed by atoms with Gasteiger partial charge in [-0.15, -0.1) is 0 Å². The average molecular weight is 311 g/mol. The maximum atomic E-state index is 13.3. The molecule has 0 radical (unpaired) electrons. The van der Waals surface area contributed by atoms with Crippen LogP contribution in [0.2, 0.25) is 0 Å². The zero-order valence-electron chi connectivity index (χ0n) is 12.8. The minimum atomic E-state index is -0.633. The van der Waals surface area contributed by atoms with Crippen LogP contribution in [0, 0.1) is 17.1 Å². The zero-order valence-corrected chi connectivity index (χ0v) is 12.8. The van der Waals surface area contributed by atoms with Crippen molar-refractivity contribution >= 4 is 0 Å². The van der Waals surface area contributed by atoms with Crippen LogP contribution in [0.5, 0.6) is 0 Å². The second-order valence-electron chi connectivity index (χ2n) is 5.79. The second-order valence-corrected chi connectivity index (χ2v) is 5.79. The van der Waals surface area contributed by atoms with Crippen LogP contribution in [0.1, 0.15) is 41.5 Å². The number of halogens is 1. The molecule has 2 aromatic rings. The average Bonchev–Trinajstić information content (AvgIpc) is 2.95. The molecule has 2 aromatic carbocycles. The summed E-state index contributed by atoms with van der Waals surface area (Å²) >= 11 is 0. The molecule has 3 rings (SSSR count). The fourth-order valence-corrected chi connectivity index (χ4v) is 3.25. The molecule has 0 amide bonds. The number of aliphatic hydroxyl groups is 1. The summed E-state index contributed by atoms with van der Waals surface area (Å²) in [6.45, 7) is 0.571. The SMILES string of the molecule is N#Cc1ccc2c(c1)COC2(CCCCO)c1ccc(F)cc1. The van der Waals surface area contributed by atoms with Crippen molar-refractivity contribution < 1.29 is 14.2 Å². The highest BCUT2D eigenvalue weighted by Crippen LogP contribution is 2.45. The third kappa shape index (κ3) is 2.86. The fraction of sp³-hybridized carbons (Fsp3) is 0.316. The summed E-state index contributed by atoms with van der Waals surface area (Å²) in [5, 5.41) is 18.1. The maximum Gasteiger partial charge on any atom is 0.123 e. The number of unbranched alkanes of at least 4 members (excludes halogenated alkanes) is 1. The Morgan fingerprint density at radius 2 is 1.96 bits per heavy atom. The van der Waals surface area contributed by atoms with Gasteiger partial charge in [0.1, 0.15) is 11.4 Å². The first-order chi connectivity index (χ1) is 11.2. The van der Waals surface area contributed by atoms with Gasteiger partial charge in [-0.1, -0.05) is 18.2 Å². The van der Waals surface area contributed by atoms with Crippen LogP contribution in [0.15, 0.2) is 42.5 Å². The van der Waals surface area contributed by atoms with Crippen LogP contribution < -0.4 is 0 Å². The van der Waals surface area contributed by atoms with Gasteiger partial charge in [0.2, 0.25) is 0 Å². The van der Waals surface area contributed by atoms with Gasteiger partial charge in [-0.05, 0) is 60.2 Å². The van der Waals surface area contributed by atoms with E-state index in [1.54, 1.807) is 18.2 Å². The Morgan fingerprint density at radius 3 is 2.65 bits per heavy atom. The van der Waals surface area contributed by atoms with E-state index >= 15 is 0 Å². The van der Waals surface area contributed by atoms with E-state index < -0.39 is 5.60 Å². The van der Waals surface area contributed by atoms with Crippen LogP contribution >= 0.6 is 0 Å². The van der Waals surface area contributed by atoms with Crippen LogP contribution in [0.3, 0.4) is 0 Å². The second kappa shape index (κ2) is 6.49. The highest BCUT2D eigenvalue weighted by Gasteiger charge is 2.41. The van der Waals surface area contributed by atoms with Crippen molar-refractivity contribution in [3.8, 4) is 6.07 Å². The smallest absolute Gasteiger partial charge is 0.123 e. The van der Waals surface area contributed by atoms with Gasteiger partial charge in [0.25, 0.3) is 0 Å². The minimum absolute atomic E-state index is 0.139. The predicted molar refractivity (Wildman–Crippen MR) is 84.1 cm³/mol. The molecule has 1 N–H and O–H groups in total. The van der Waals surface area contributed by atoms with Crippen LogP contribution in [0.4, 0.5) is 4.39 Å². The maximum absolute atomic E-state index is 13.3. The van der Waals surface area contributed by atoms with Crippen LogP contribution in [0.25, 0.3) is 0 Å². The molecule has 0 aromatic heterocycles. The zero-order chi connectivity index (χ0) is 16.3. The standard InChI is InChI=1S/C19H18FNO2/c20-17-6-4-16(5-7-17)19(9-1-2-10-22)18-8-3-14(12-21)11-15(18)13-23-19/h3-8,11,22H,1-2,9-10,13H2. The van der Waals surface area contributed by atoms with E-state index in [1.807, 2.05) is 12.1 Å². The normalized spacial score (nSPS) is 19.3. The van der Waals surface area contributed by atoms with Gasteiger partial charge in [-0.25, -0.2) is 4.39 Å². The summed E-state index contributed by atoms with van der Waals surface area (Å²) in [6.07, 6.45) is 2.20. The fourth-order valence-electron chi connectivity index (χ4n) is 3.25. The molecular formula is C19H18FNO2. The predicted octanol–water partition coefficient (Wildman–Crippen LogP) is 3.63. The molecule has 1 heterocycles. The van der Waals surface area contributed by atoms with Crippen molar-refractivity contribution in [1.82, 2.24) is 0 Å². The number of aliphatic hydroxyl groups excluding tert-OH is 1. The summed E-state index contributed by atoms with van der Waals surface area (Å²) in [7, 11) is 0. The number of rotatable bonds is 5. The third-order valence-corrected chi connectivity index (χ3v) is 4.39. The summed E-state index contributed by atoms with van der Waals surface area (Å²) < 4.78 is 19.5.